The Morgan fingerprint density at radius 1 is 1.30 bits per heavy atom. The maximum Gasteiger partial charge on any atom is 0.337 e. The number of carboxylic acid groups (broad SMARTS) is 1. The lowest BCUT2D eigenvalue weighted by molar-refractivity contribution is -0.0371. The van der Waals surface area contributed by atoms with Crippen molar-refractivity contribution in [2.75, 3.05) is 19.0 Å². The fourth-order valence-corrected chi connectivity index (χ4v) is 2.63. The van der Waals surface area contributed by atoms with E-state index >= 15 is 0 Å². The minimum Gasteiger partial charge on any atom is -0.478 e. The Bertz CT molecular complexity index is 815. The van der Waals surface area contributed by atoms with E-state index in [1.807, 2.05) is 0 Å². The SMILES string of the molecule is COC(Cc1cnc(C(=O)Nc2ccc(Br)cc2C(=O)O)cn1)C(O)CO. The zero-order valence-corrected chi connectivity index (χ0v) is 15.9. The minimum atomic E-state index is -1.18. The lowest BCUT2D eigenvalue weighted by Gasteiger charge is -2.19. The lowest BCUT2D eigenvalue weighted by Crippen LogP contribution is -2.33. The van der Waals surface area contributed by atoms with Crippen LogP contribution in [0.3, 0.4) is 0 Å². The van der Waals surface area contributed by atoms with E-state index in [4.69, 9.17) is 9.84 Å². The molecule has 0 spiro atoms. The van der Waals surface area contributed by atoms with Crippen molar-refractivity contribution in [3.05, 3.63) is 52.0 Å². The molecule has 9 nitrogen and oxygen atoms in total. The highest BCUT2D eigenvalue weighted by atomic mass is 79.9. The van der Waals surface area contributed by atoms with E-state index in [2.05, 4.69) is 31.2 Å². The molecule has 0 aliphatic carbocycles. The van der Waals surface area contributed by atoms with Gasteiger partial charge in [-0.15, -0.1) is 0 Å². The molecular formula is C17H18BrN3O6. The number of aromatic carboxylic acids is 1. The van der Waals surface area contributed by atoms with Crippen LogP contribution in [0.5, 0.6) is 0 Å². The van der Waals surface area contributed by atoms with E-state index in [0.29, 0.717) is 10.2 Å². The van der Waals surface area contributed by atoms with Crippen LogP contribution in [0.15, 0.2) is 35.1 Å². The first-order valence-corrected chi connectivity index (χ1v) is 8.61. The van der Waals surface area contributed by atoms with E-state index in [1.165, 1.54) is 31.6 Å². The van der Waals surface area contributed by atoms with Gasteiger partial charge in [-0.2, -0.15) is 0 Å². The first-order valence-electron chi connectivity index (χ1n) is 7.82. The van der Waals surface area contributed by atoms with Crippen LogP contribution in [0.2, 0.25) is 0 Å². The number of ether oxygens (including phenoxy) is 1. The van der Waals surface area contributed by atoms with Gasteiger partial charge < -0.3 is 25.4 Å². The molecule has 1 aromatic carbocycles. The summed E-state index contributed by atoms with van der Waals surface area (Å²) in [5.41, 5.74) is 0.519. The fraction of sp³-hybridized carbons (Fsp3) is 0.294. The molecule has 1 aromatic heterocycles. The molecule has 10 heteroatoms. The molecule has 27 heavy (non-hydrogen) atoms. The van der Waals surface area contributed by atoms with E-state index in [9.17, 15) is 19.8 Å². The Morgan fingerprint density at radius 2 is 2.04 bits per heavy atom. The molecule has 1 amide bonds. The van der Waals surface area contributed by atoms with E-state index in [1.54, 1.807) is 6.07 Å². The Balaban J connectivity index is 2.11. The molecule has 144 valence electrons. The van der Waals surface area contributed by atoms with Gasteiger partial charge in [0.05, 0.1) is 35.9 Å². The van der Waals surface area contributed by atoms with Crippen LogP contribution in [0.4, 0.5) is 5.69 Å². The summed E-state index contributed by atoms with van der Waals surface area (Å²) >= 11 is 3.18. The topological polar surface area (TPSA) is 142 Å². The Kier molecular flexibility index (Phi) is 7.36. The maximum absolute atomic E-state index is 12.3. The first-order chi connectivity index (χ1) is 12.8. The van der Waals surface area contributed by atoms with E-state index in [0.717, 1.165) is 0 Å². The summed E-state index contributed by atoms with van der Waals surface area (Å²) in [4.78, 5) is 31.7. The number of amides is 1. The van der Waals surface area contributed by atoms with Crippen molar-refractivity contribution in [2.24, 2.45) is 0 Å². The van der Waals surface area contributed by atoms with E-state index in [-0.39, 0.29) is 23.4 Å². The van der Waals surface area contributed by atoms with Crippen molar-refractivity contribution in [3.8, 4) is 0 Å². The average molecular weight is 440 g/mol. The summed E-state index contributed by atoms with van der Waals surface area (Å²) in [6.45, 7) is -0.453. The Labute approximate surface area is 163 Å². The van der Waals surface area contributed by atoms with Gasteiger partial charge in [0.1, 0.15) is 11.8 Å². The molecule has 2 atom stereocenters. The molecule has 4 N–H and O–H groups in total. The Morgan fingerprint density at radius 3 is 2.59 bits per heavy atom. The van der Waals surface area contributed by atoms with Crippen LogP contribution in [-0.2, 0) is 11.2 Å². The molecule has 0 radical (unpaired) electrons. The number of aromatic nitrogens is 2. The molecular weight excluding hydrogens is 422 g/mol. The molecule has 0 saturated carbocycles. The second kappa shape index (κ2) is 9.51. The Hall–Kier alpha value is -2.40. The third kappa shape index (κ3) is 5.54. The number of aliphatic hydroxyl groups is 2. The third-order valence-corrected chi connectivity index (χ3v) is 4.22. The number of nitrogens with zero attached hydrogens (tertiary/aromatic N) is 2. The summed E-state index contributed by atoms with van der Waals surface area (Å²) in [5, 5.41) is 30.3. The molecule has 0 fully saturated rings. The number of methoxy groups -OCH3 is 1. The predicted octanol–water partition coefficient (Wildman–Crippen LogP) is 1.10. The number of hydrogen-bond acceptors (Lipinski definition) is 7. The highest BCUT2D eigenvalue weighted by molar-refractivity contribution is 9.10. The number of carboxylic acids is 1. The van der Waals surface area contributed by atoms with Crippen LogP contribution in [0, 0.1) is 0 Å². The normalized spacial score (nSPS) is 13.0. The average Bonchev–Trinajstić information content (AvgIpc) is 2.67. The molecule has 2 aromatic rings. The molecule has 0 aliphatic rings. The molecule has 0 aliphatic heterocycles. The van der Waals surface area contributed by atoms with Crippen molar-refractivity contribution >= 4 is 33.5 Å². The number of hydrogen-bond donors (Lipinski definition) is 4. The van der Waals surface area contributed by atoms with Gasteiger partial charge in [-0.05, 0) is 18.2 Å². The van der Waals surface area contributed by atoms with Gasteiger partial charge >= 0.3 is 5.97 Å². The van der Waals surface area contributed by atoms with Crippen LogP contribution in [-0.4, -0.2) is 63.1 Å². The number of halogens is 1. The van der Waals surface area contributed by atoms with Gasteiger partial charge in [-0.1, -0.05) is 15.9 Å². The molecule has 0 bridgehead atoms. The van der Waals surface area contributed by atoms with Gasteiger partial charge in [0.25, 0.3) is 5.91 Å². The largest absolute Gasteiger partial charge is 0.478 e. The zero-order chi connectivity index (χ0) is 20.0. The van der Waals surface area contributed by atoms with Crippen molar-refractivity contribution in [2.45, 2.75) is 18.6 Å². The fourth-order valence-electron chi connectivity index (χ4n) is 2.27. The van der Waals surface area contributed by atoms with Gasteiger partial charge in [0.15, 0.2) is 0 Å². The van der Waals surface area contributed by atoms with Gasteiger partial charge in [0.2, 0.25) is 0 Å². The lowest BCUT2D eigenvalue weighted by atomic mass is 10.1. The quantitative estimate of drug-likeness (QED) is 0.478. The highest BCUT2D eigenvalue weighted by Crippen LogP contribution is 2.21. The van der Waals surface area contributed by atoms with Crippen molar-refractivity contribution < 1.29 is 29.6 Å². The number of benzene rings is 1. The molecule has 0 saturated heterocycles. The van der Waals surface area contributed by atoms with Crippen molar-refractivity contribution in [1.29, 1.82) is 0 Å². The van der Waals surface area contributed by atoms with Crippen molar-refractivity contribution in [1.82, 2.24) is 9.97 Å². The first kappa shape index (κ1) is 20.9. The van der Waals surface area contributed by atoms with Crippen LogP contribution < -0.4 is 5.32 Å². The van der Waals surface area contributed by atoms with Crippen LogP contribution >= 0.6 is 15.9 Å². The predicted molar refractivity (Wildman–Crippen MR) is 98.7 cm³/mol. The summed E-state index contributed by atoms with van der Waals surface area (Å²) < 4.78 is 5.66. The number of rotatable bonds is 8. The monoisotopic (exact) mass is 439 g/mol. The highest BCUT2D eigenvalue weighted by Gasteiger charge is 2.20. The van der Waals surface area contributed by atoms with Gasteiger partial charge in [0, 0.05) is 24.2 Å². The second-order valence-corrected chi connectivity index (χ2v) is 6.49. The summed E-state index contributed by atoms with van der Waals surface area (Å²) in [7, 11) is 1.40. The van der Waals surface area contributed by atoms with Gasteiger partial charge in [-0.3, -0.25) is 9.78 Å². The van der Waals surface area contributed by atoms with Crippen molar-refractivity contribution in [3.63, 3.8) is 0 Å². The molecule has 2 unspecified atom stereocenters. The number of carbonyl (C=O) groups excluding carboxylic acids is 1. The van der Waals surface area contributed by atoms with Crippen LogP contribution in [0.1, 0.15) is 26.5 Å². The third-order valence-electron chi connectivity index (χ3n) is 3.73. The van der Waals surface area contributed by atoms with Gasteiger partial charge in [-0.25, -0.2) is 9.78 Å². The minimum absolute atomic E-state index is 0.00492. The standard InChI is InChI=1S/C17H18BrN3O6/c1-27-15(14(23)8-22)5-10-6-20-13(7-19-10)16(24)21-12-3-2-9(18)4-11(12)17(25)26/h2-4,6-7,14-15,22-23H,5,8H2,1H3,(H,21,24)(H,25,26). The number of anilines is 1. The number of carbonyl (C=O) groups is 2. The number of nitrogens with one attached hydrogen (secondary N) is 1. The summed E-state index contributed by atoms with van der Waals surface area (Å²) in [5.74, 6) is -1.79. The zero-order valence-electron chi connectivity index (χ0n) is 14.3. The molecule has 1 heterocycles. The van der Waals surface area contributed by atoms with E-state index < -0.39 is 30.7 Å². The molecule has 2 rings (SSSR count). The summed E-state index contributed by atoms with van der Waals surface area (Å²) in [6, 6.07) is 4.45. The maximum atomic E-state index is 12.3. The summed E-state index contributed by atoms with van der Waals surface area (Å²) in [6.07, 6.45) is 1.06. The number of aliphatic hydroxyl groups excluding tert-OH is 2. The van der Waals surface area contributed by atoms with Crippen LogP contribution in [0.25, 0.3) is 0 Å². The smallest absolute Gasteiger partial charge is 0.337 e. The second-order valence-electron chi connectivity index (χ2n) is 5.57.